The van der Waals surface area contributed by atoms with Crippen LogP contribution in [0.2, 0.25) is 0 Å². The first-order chi connectivity index (χ1) is 10.4. The van der Waals surface area contributed by atoms with Gasteiger partial charge in [-0.25, -0.2) is 4.98 Å². The molecule has 0 saturated carbocycles. The van der Waals surface area contributed by atoms with Crippen molar-refractivity contribution in [3.05, 3.63) is 48.0 Å². The molecule has 1 aromatic heterocycles. The fourth-order valence-electron chi connectivity index (χ4n) is 3.10. The molecule has 0 radical (unpaired) electrons. The van der Waals surface area contributed by atoms with Gasteiger partial charge in [-0.3, -0.25) is 0 Å². The zero-order valence-corrected chi connectivity index (χ0v) is 12.6. The van der Waals surface area contributed by atoms with Gasteiger partial charge < -0.3 is 14.6 Å². The number of hydrogen-bond donors (Lipinski definition) is 1. The summed E-state index contributed by atoms with van der Waals surface area (Å²) in [5.41, 5.74) is 3.88. The molecule has 1 fully saturated rings. The number of nitrogens with one attached hydrogen (secondary N) is 1. The Hall–Kier alpha value is -1.65. The van der Waals surface area contributed by atoms with Gasteiger partial charge in [0.25, 0.3) is 0 Å². The van der Waals surface area contributed by atoms with Crippen LogP contribution >= 0.6 is 0 Å². The molecule has 0 aliphatic carbocycles. The number of imidazole rings is 1. The van der Waals surface area contributed by atoms with E-state index in [0.29, 0.717) is 5.92 Å². The van der Waals surface area contributed by atoms with Crippen molar-refractivity contribution in [1.82, 2.24) is 14.9 Å². The number of ether oxygens (including phenoxy) is 1. The Morgan fingerprint density at radius 3 is 2.90 bits per heavy atom. The van der Waals surface area contributed by atoms with Crippen LogP contribution in [0.1, 0.15) is 30.0 Å². The normalized spacial score (nSPS) is 16.2. The maximum absolute atomic E-state index is 5.23. The van der Waals surface area contributed by atoms with E-state index in [1.165, 1.54) is 29.8 Å². The average molecular weight is 285 g/mol. The van der Waals surface area contributed by atoms with Gasteiger partial charge in [0.1, 0.15) is 0 Å². The van der Waals surface area contributed by atoms with Crippen molar-refractivity contribution in [2.75, 3.05) is 26.8 Å². The molecule has 0 spiro atoms. The van der Waals surface area contributed by atoms with Gasteiger partial charge in [-0.15, -0.1) is 0 Å². The first-order valence-corrected chi connectivity index (χ1v) is 7.70. The summed E-state index contributed by atoms with van der Waals surface area (Å²) in [6, 6.07) is 8.55. The standard InChI is InChI=1S/C17H23N3O/c1-21-11-8-14-4-2-3-5-16(14)20-13-19-12-17(20)15-6-9-18-10-7-15/h2-5,12-13,15,18H,6-11H2,1H3. The van der Waals surface area contributed by atoms with Crippen LogP contribution in [0.15, 0.2) is 36.8 Å². The first-order valence-electron chi connectivity index (χ1n) is 7.70. The molecule has 4 heteroatoms. The lowest BCUT2D eigenvalue weighted by atomic mass is 9.94. The Bertz CT molecular complexity index is 573. The van der Waals surface area contributed by atoms with Gasteiger partial charge in [0.05, 0.1) is 18.6 Å². The fourth-order valence-corrected chi connectivity index (χ4v) is 3.10. The smallest absolute Gasteiger partial charge is 0.0994 e. The zero-order valence-electron chi connectivity index (χ0n) is 12.6. The number of para-hydroxylation sites is 1. The third-order valence-electron chi connectivity index (χ3n) is 4.25. The summed E-state index contributed by atoms with van der Waals surface area (Å²) in [6.07, 6.45) is 7.28. The minimum atomic E-state index is 0.601. The SMILES string of the molecule is COCCc1ccccc1-n1cncc1C1CCNCC1. The van der Waals surface area contributed by atoms with Crippen molar-refractivity contribution in [3.8, 4) is 5.69 Å². The van der Waals surface area contributed by atoms with Gasteiger partial charge in [-0.2, -0.15) is 0 Å². The van der Waals surface area contributed by atoms with Crippen LogP contribution < -0.4 is 5.32 Å². The van der Waals surface area contributed by atoms with Crippen LogP contribution in [0.5, 0.6) is 0 Å². The van der Waals surface area contributed by atoms with E-state index in [1.54, 1.807) is 7.11 Å². The first kappa shape index (κ1) is 14.3. The summed E-state index contributed by atoms with van der Waals surface area (Å²) in [5.74, 6) is 0.601. The maximum atomic E-state index is 5.23. The summed E-state index contributed by atoms with van der Waals surface area (Å²) < 4.78 is 7.50. The van der Waals surface area contributed by atoms with Crippen LogP contribution in [0, 0.1) is 0 Å². The minimum absolute atomic E-state index is 0.601. The van der Waals surface area contributed by atoms with E-state index in [-0.39, 0.29) is 0 Å². The Balaban J connectivity index is 1.92. The quantitative estimate of drug-likeness (QED) is 0.917. The van der Waals surface area contributed by atoms with Crippen molar-refractivity contribution in [3.63, 3.8) is 0 Å². The van der Waals surface area contributed by atoms with Crippen molar-refractivity contribution < 1.29 is 4.74 Å². The van der Waals surface area contributed by atoms with Gasteiger partial charge in [0, 0.05) is 24.9 Å². The largest absolute Gasteiger partial charge is 0.384 e. The zero-order chi connectivity index (χ0) is 14.5. The molecule has 2 heterocycles. The Labute approximate surface area is 126 Å². The van der Waals surface area contributed by atoms with Crippen LogP contribution in [0.3, 0.4) is 0 Å². The second-order valence-electron chi connectivity index (χ2n) is 5.58. The number of aromatic nitrogens is 2. The molecule has 1 aromatic carbocycles. The molecule has 1 aliphatic rings. The number of piperidine rings is 1. The molecule has 1 N–H and O–H groups in total. The van der Waals surface area contributed by atoms with Crippen LogP contribution in [0.4, 0.5) is 0 Å². The summed E-state index contributed by atoms with van der Waals surface area (Å²) in [6.45, 7) is 2.94. The lowest BCUT2D eigenvalue weighted by molar-refractivity contribution is 0.202. The van der Waals surface area contributed by atoms with Crippen LogP contribution in [-0.2, 0) is 11.2 Å². The number of nitrogens with zero attached hydrogens (tertiary/aromatic N) is 2. The summed E-state index contributed by atoms with van der Waals surface area (Å²) >= 11 is 0. The molecule has 0 unspecified atom stereocenters. The van der Waals surface area contributed by atoms with E-state index in [1.807, 2.05) is 12.5 Å². The summed E-state index contributed by atoms with van der Waals surface area (Å²) in [5, 5.41) is 3.43. The highest BCUT2D eigenvalue weighted by Crippen LogP contribution is 2.28. The van der Waals surface area contributed by atoms with Crippen molar-refractivity contribution in [2.45, 2.75) is 25.2 Å². The topological polar surface area (TPSA) is 39.1 Å². The molecule has 112 valence electrons. The van der Waals surface area contributed by atoms with Gasteiger partial charge >= 0.3 is 0 Å². The van der Waals surface area contributed by atoms with E-state index in [2.05, 4.69) is 39.1 Å². The number of hydrogen-bond acceptors (Lipinski definition) is 3. The van der Waals surface area contributed by atoms with Gasteiger partial charge in [-0.05, 0) is 44.0 Å². The van der Waals surface area contributed by atoms with Crippen molar-refractivity contribution >= 4 is 0 Å². The van der Waals surface area contributed by atoms with E-state index in [0.717, 1.165) is 26.1 Å². The molecule has 0 amide bonds. The molecule has 1 aliphatic heterocycles. The molecule has 2 aromatic rings. The highest BCUT2D eigenvalue weighted by Gasteiger charge is 2.20. The maximum Gasteiger partial charge on any atom is 0.0994 e. The summed E-state index contributed by atoms with van der Waals surface area (Å²) in [4.78, 5) is 4.41. The molecule has 4 nitrogen and oxygen atoms in total. The molecule has 21 heavy (non-hydrogen) atoms. The third kappa shape index (κ3) is 3.17. The Kier molecular flexibility index (Phi) is 4.68. The van der Waals surface area contributed by atoms with E-state index < -0.39 is 0 Å². The lowest BCUT2D eigenvalue weighted by Crippen LogP contribution is -2.27. The average Bonchev–Trinajstić information content (AvgIpc) is 3.03. The highest BCUT2D eigenvalue weighted by atomic mass is 16.5. The highest BCUT2D eigenvalue weighted by molar-refractivity contribution is 5.43. The molecule has 0 atom stereocenters. The van der Waals surface area contributed by atoms with Gasteiger partial charge in [-0.1, -0.05) is 18.2 Å². The predicted octanol–water partition coefficient (Wildman–Crippen LogP) is 2.53. The van der Waals surface area contributed by atoms with Crippen LogP contribution in [-0.4, -0.2) is 36.4 Å². The minimum Gasteiger partial charge on any atom is -0.384 e. The number of benzene rings is 1. The van der Waals surface area contributed by atoms with Crippen molar-refractivity contribution in [1.29, 1.82) is 0 Å². The predicted molar refractivity (Wildman–Crippen MR) is 84.0 cm³/mol. The van der Waals surface area contributed by atoms with E-state index in [4.69, 9.17) is 4.74 Å². The Morgan fingerprint density at radius 2 is 2.10 bits per heavy atom. The molecular weight excluding hydrogens is 262 g/mol. The monoisotopic (exact) mass is 285 g/mol. The number of methoxy groups -OCH3 is 1. The summed E-state index contributed by atoms with van der Waals surface area (Å²) in [7, 11) is 1.75. The lowest BCUT2D eigenvalue weighted by Gasteiger charge is -2.24. The second kappa shape index (κ2) is 6.87. The third-order valence-corrected chi connectivity index (χ3v) is 4.25. The van der Waals surface area contributed by atoms with Crippen molar-refractivity contribution in [2.24, 2.45) is 0 Å². The van der Waals surface area contributed by atoms with E-state index >= 15 is 0 Å². The molecule has 0 bridgehead atoms. The molecular formula is C17H23N3O. The van der Waals surface area contributed by atoms with Crippen LogP contribution in [0.25, 0.3) is 5.69 Å². The Morgan fingerprint density at radius 1 is 1.29 bits per heavy atom. The van der Waals surface area contributed by atoms with Gasteiger partial charge in [0.2, 0.25) is 0 Å². The molecule has 1 saturated heterocycles. The fraction of sp³-hybridized carbons (Fsp3) is 0.471. The number of rotatable bonds is 5. The van der Waals surface area contributed by atoms with E-state index in [9.17, 15) is 0 Å². The second-order valence-corrected chi connectivity index (χ2v) is 5.58. The molecule has 3 rings (SSSR count). The van der Waals surface area contributed by atoms with Gasteiger partial charge in [0.15, 0.2) is 0 Å².